The number of halogens is 5. The van der Waals surface area contributed by atoms with Crippen LogP contribution < -0.4 is 14.8 Å². The first kappa shape index (κ1) is 24.7. The highest BCUT2D eigenvalue weighted by Gasteiger charge is 2.30. The summed E-state index contributed by atoms with van der Waals surface area (Å²) in [6.45, 7) is 0.873. The third kappa shape index (κ3) is 7.04. The van der Waals surface area contributed by atoms with Crippen LogP contribution in [0.2, 0.25) is 0 Å². The van der Waals surface area contributed by atoms with Crippen LogP contribution in [0.3, 0.4) is 0 Å². The van der Waals surface area contributed by atoms with E-state index < -0.39 is 17.6 Å². The Labute approximate surface area is 198 Å². The summed E-state index contributed by atoms with van der Waals surface area (Å²) in [6.07, 6.45) is -2.38. The molecule has 9 heteroatoms. The summed E-state index contributed by atoms with van der Waals surface area (Å²) in [5.41, 5.74) is -0.633. The highest BCUT2D eigenvalue weighted by atomic mass is 35.5. The molecule has 0 heterocycles. The molecule has 0 radical (unpaired) electrons. The Kier molecular flexibility index (Phi) is 8.47. The van der Waals surface area contributed by atoms with Crippen molar-refractivity contribution in [2.45, 2.75) is 12.6 Å². The van der Waals surface area contributed by atoms with Gasteiger partial charge in [-0.3, -0.25) is 4.79 Å². The minimum absolute atomic E-state index is 0.129. The number of ether oxygens (including phenoxy) is 2. The van der Waals surface area contributed by atoms with Gasteiger partial charge in [0, 0.05) is 22.9 Å². The smallest absolute Gasteiger partial charge is 0.416 e. The lowest BCUT2D eigenvalue weighted by Crippen LogP contribution is -2.25. The average molecular weight is 498 g/mol. The molecule has 3 aromatic rings. The first-order valence-electron chi connectivity index (χ1n) is 9.99. The summed E-state index contributed by atoms with van der Waals surface area (Å²) in [5, 5.41) is 4.41. The van der Waals surface area contributed by atoms with Gasteiger partial charge in [0.15, 0.2) is 0 Å². The van der Waals surface area contributed by atoms with E-state index >= 15 is 0 Å². The van der Waals surface area contributed by atoms with Crippen LogP contribution >= 0.6 is 23.2 Å². The Morgan fingerprint density at radius 2 is 1.52 bits per heavy atom. The number of hydrogen-bond acceptors (Lipinski definition) is 3. The topological polar surface area (TPSA) is 47.6 Å². The van der Waals surface area contributed by atoms with Crippen molar-refractivity contribution in [3.05, 3.63) is 82.4 Å². The van der Waals surface area contributed by atoms with Gasteiger partial charge in [-0.05, 0) is 48.9 Å². The Hall–Kier alpha value is -2.90. The Bertz CT molecular complexity index is 1130. The minimum atomic E-state index is -4.43. The molecule has 0 aliphatic carbocycles. The molecule has 3 rings (SSSR count). The van der Waals surface area contributed by atoms with Gasteiger partial charge in [0.1, 0.15) is 22.6 Å². The Morgan fingerprint density at radius 1 is 0.909 bits per heavy atom. The highest BCUT2D eigenvalue weighted by Crippen LogP contribution is 2.32. The van der Waals surface area contributed by atoms with Gasteiger partial charge >= 0.3 is 6.18 Å². The second-order valence-corrected chi connectivity index (χ2v) is 7.95. The molecule has 1 N–H and O–H groups in total. The van der Waals surface area contributed by atoms with Crippen molar-refractivity contribution >= 4 is 39.9 Å². The van der Waals surface area contributed by atoms with E-state index in [1.54, 1.807) is 6.08 Å². The zero-order valence-electron chi connectivity index (χ0n) is 17.3. The van der Waals surface area contributed by atoms with E-state index in [0.29, 0.717) is 31.1 Å². The fourth-order valence-corrected chi connectivity index (χ4v) is 3.19. The van der Waals surface area contributed by atoms with E-state index in [9.17, 15) is 18.0 Å². The maximum Gasteiger partial charge on any atom is 0.416 e. The second-order valence-electron chi connectivity index (χ2n) is 6.95. The van der Waals surface area contributed by atoms with Crippen molar-refractivity contribution in [1.29, 1.82) is 0 Å². The first-order chi connectivity index (χ1) is 15.8. The number of alkyl halides is 3. The fourth-order valence-electron chi connectivity index (χ4n) is 3.07. The third-order valence-electron chi connectivity index (χ3n) is 4.66. The molecule has 174 valence electrons. The van der Waals surface area contributed by atoms with Crippen molar-refractivity contribution in [2.24, 2.45) is 0 Å². The third-order valence-corrected chi connectivity index (χ3v) is 4.97. The predicted octanol–water partition coefficient (Wildman–Crippen LogP) is 6.76. The summed E-state index contributed by atoms with van der Waals surface area (Å²) in [6, 6.07) is 15.3. The quantitative estimate of drug-likeness (QED) is 0.332. The Balaban J connectivity index is 1.52. The largest absolute Gasteiger partial charge is 0.493 e. The van der Waals surface area contributed by atoms with E-state index in [4.69, 9.17) is 32.7 Å². The molecule has 0 aliphatic rings. The molecule has 0 atom stereocenters. The molecule has 4 nitrogen and oxygen atoms in total. The number of nitrogens with one attached hydrogen (secondary N) is 1. The summed E-state index contributed by atoms with van der Waals surface area (Å²) < 4.78 is 49.6. The SMILES string of the molecule is O=C(NCCCOc1cccc2c(OCC=C(Cl)Cl)cccc12)c1ccc(C(F)(F)F)cc1. The van der Waals surface area contributed by atoms with E-state index in [0.717, 1.165) is 35.0 Å². The van der Waals surface area contributed by atoms with Crippen molar-refractivity contribution in [1.82, 2.24) is 5.32 Å². The molecule has 0 unspecified atom stereocenters. The van der Waals surface area contributed by atoms with Crippen LogP contribution in [0.15, 0.2) is 71.2 Å². The number of benzene rings is 3. The van der Waals surface area contributed by atoms with E-state index in [-0.39, 0.29) is 16.7 Å². The molecule has 33 heavy (non-hydrogen) atoms. The van der Waals surface area contributed by atoms with Crippen LogP contribution in [0.5, 0.6) is 11.5 Å². The molecule has 0 fully saturated rings. The van der Waals surface area contributed by atoms with Crippen molar-refractivity contribution in [3.8, 4) is 11.5 Å². The lowest BCUT2D eigenvalue weighted by molar-refractivity contribution is -0.137. The van der Waals surface area contributed by atoms with Crippen LogP contribution in [0.1, 0.15) is 22.3 Å². The van der Waals surface area contributed by atoms with E-state index in [2.05, 4.69) is 5.32 Å². The molecule has 0 saturated heterocycles. The first-order valence-corrected chi connectivity index (χ1v) is 10.8. The number of amides is 1. The summed E-state index contributed by atoms with van der Waals surface area (Å²) in [5.74, 6) is 0.882. The zero-order valence-corrected chi connectivity index (χ0v) is 18.8. The monoisotopic (exact) mass is 497 g/mol. The van der Waals surface area contributed by atoms with Crippen molar-refractivity contribution in [3.63, 3.8) is 0 Å². The molecule has 1 amide bonds. The van der Waals surface area contributed by atoms with Crippen LogP contribution in [0.25, 0.3) is 10.8 Å². The van der Waals surface area contributed by atoms with Crippen molar-refractivity contribution in [2.75, 3.05) is 19.8 Å². The van der Waals surface area contributed by atoms with Gasteiger partial charge in [-0.25, -0.2) is 0 Å². The zero-order chi connectivity index (χ0) is 23.8. The van der Waals surface area contributed by atoms with Gasteiger partial charge in [-0.2, -0.15) is 13.2 Å². The predicted molar refractivity (Wildman–Crippen MR) is 123 cm³/mol. The van der Waals surface area contributed by atoms with Gasteiger partial charge < -0.3 is 14.8 Å². The molecule has 0 bridgehead atoms. The van der Waals surface area contributed by atoms with Gasteiger partial charge in [0.25, 0.3) is 5.91 Å². The van der Waals surface area contributed by atoms with Gasteiger partial charge in [0.2, 0.25) is 0 Å². The van der Waals surface area contributed by atoms with E-state index in [1.807, 2.05) is 36.4 Å². The molecule has 0 aromatic heterocycles. The summed E-state index contributed by atoms with van der Waals surface area (Å²) >= 11 is 11.2. The lowest BCUT2D eigenvalue weighted by atomic mass is 10.1. The molecular weight excluding hydrogens is 478 g/mol. The van der Waals surface area contributed by atoms with Crippen LogP contribution in [0, 0.1) is 0 Å². The summed E-state index contributed by atoms with van der Waals surface area (Å²) in [4.78, 5) is 12.1. The molecule has 0 saturated carbocycles. The molecule has 0 spiro atoms. The van der Waals surface area contributed by atoms with Crippen molar-refractivity contribution < 1.29 is 27.4 Å². The number of carbonyl (C=O) groups excluding carboxylic acids is 1. The minimum Gasteiger partial charge on any atom is -0.493 e. The highest BCUT2D eigenvalue weighted by molar-refractivity contribution is 6.55. The normalized spacial score (nSPS) is 11.2. The van der Waals surface area contributed by atoms with Crippen LogP contribution in [0.4, 0.5) is 13.2 Å². The molecule has 0 aliphatic heterocycles. The number of rotatable bonds is 9. The summed E-state index contributed by atoms with van der Waals surface area (Å²) in [7, 11) is 0. The number of fused-ring (bicyclic) bond motifs is 1. The van der Waals surface area contributed by atoms with Gasteiger partial charge in [-0.1, -0.05) is 47.5 Å². The number of hydrogen-bond donors (Lipinski definition) is 1. The van der Waals surface area contributed by atoms with Crippen LogP contribution in [-0.2, 0) is 6.18 Å². The maximum atomic E-state index is 12.6. The van der Waals surface area contributed by atoms with Gasteiger partial charge in [-0.15, -0.1) is 0 Å². The molecular formula is C24H20Cl2F3NO3. The second kappa shape index (κ2) is 11.3. The standard InChI is InChI=1S/C24H20Cl2F3NO3/c25-22(26)12-15-33-21-7-2-4-18-19(21)5-1-6-20(18)32-14-3-13-30-23(31)16-8-10-17(11-9-16)24(27,28)29/h1-2,4-12H,3,13-15H2,(H,30,31). The lowest BCUT2D eigenvalue weighted by Gasteiger charge is -2.12. The van der Waals surface area contributed by atoms with Crippen LogP contribution in [-0.4, -0.2) is 25.7 Å². The fraction of sp³-hybridized carbons (Fsp3) is 0.208. The van der Waals surface area contributed by atoms with Gasteiger partial charge in [0.05, 0.1) is 12.2 Å². The number of carbonyl (C=O) groups is 1. The average Bonchev–Trinajstić information content (AvgIpc) is 2.78. The maximum absolute atomic E-state index is 12.6. The van der Waals surface area contributed by atoms with E-state index in [1.165, 1.54) is 0 Å². The Morgan fingerprint density at radius 3 is 2.09 bits per heavy atom. The molecule has 3 aromatic carbocycles.